The molecular formula is C13H19NO3. The van der Waals surface area contributed by atoms with Crippen LogP contribution >= 0.6 is 0 Å². The Morgan fingerprint density at radius 2 is 1.94 bits per heavy atom. The van der Waals surface area contributed by atoms with Gasteiger partial charge in [-0.3, -0.25) is 0 Å². The summed E-state index contributed by atoms with van der Waals surface area (Å²) in [5.41, 5.74) is 6.90. The fourth-order valence-corrected chi connectivity index (χ4v) is 1.66. The van der Waals surface area contributed by atoms with Gasteiger partial charge in [-0.25, -0.2) is 4.79 Å². The lowest BCUT2D eigenvalue weighted by Gasteiger charge is -2.19. The van der Waals surface area contributed by atoms with Crippen molar-refractivity contribution >= 4 is 5.97 Å². The van der Waals surface area contributed by atoms with E-state index in [4.69, 9.17) is 10.8 Å². The molecule has 1 aromatic rings. The maximum atomic E-state index is 10.7. The van der Waals surface area contributed by atoms with Crippen LogP contribution in [0.3, 0.4) is 0 Å². The number of rotatable bonds is 6. The fourth-order valence-electron chi connectivity index (χ4n) is 1.66. The van der Waals surface area contributed by atoms with Gasteiger partial charge in [0.1, 0.15) is 0 Å². The number of aliphatic hydroxyl groups excluding tert-OH is 1. The topological polar surface area (TPSA) is 83.5 Å². The molecule has 0 saturated carbocycles. The van der Waals surface area contributed by atoms with Crippen LogP contribution in [0.5, 0.6) is 0 Å². The van der Waals surface area contributed by atoms with Gasteiger partial charge in [0.15, 0.2) is 0 Å². The molecule has 0 amide bonds. The highest BCUT2D eigenvalue weighted by molar-refractivity contribution is 5.87. The number of aliphatic hydroxyl groups is 1. The number of carboxylic acid groups (broad SMARTS) is 1. The zero-order valence-electron chi connectivity index (χ0n) is 9.97. The summed E-state index contributed by atoms with van der Waals surface area (Å²) in [7, 11) is 0. The molecule has 94 valence electrons. The van der Waals surface area contributed by atoms with Gasteiger partial charge in [0.2, 0.25) is 0 Å². The average molecular weight is 237 g/mol. The summed E-state index contributed by atoms with van der Waals surface area (Å²) in [5.74, 6) is -0.961. The molecule has 0 fully saturated rings. The zero-order chi connectivity index (χ0) is 12.8. The maximum Gasteiger partial charge on any atom is 0.335 e. The van der Waals surface area contributed by atoms with Crippen LogP contribution < -0.4 is 5.73 Å². The normalized spacial score (nSPS) is 14.3. The fraction of sp³-hybridized carbons (Fsp3) is 0.462. The van der Waals surface area contributed by atoms with Gasteiger partial charge in [-0.2, -0.15) is 0 Å². The lowest BCUT2D eigenvalue weighted by atomic mass is 9.97. The Hall–Kier alpha value is -1.39. The van der Waals surface area contributed by atoms with Crippen molar-refractivity contribution in [3.63, 3.8) is 0 Å². The molecule has 0 heterocycles. The van der Waals surface area contributed by atoms with Crippen molar-refractivity contribution < 1.29 is 15.0 Å². The third-order valence-corrected chi connectivity index (χ3v) is 2.81. The third-order valence-electron chi connectivity index (χ3n) is 2.81. The van der Waals surface area contributed by atoms with Crippen molar-refractivity contribution in [1.29, 1.82) is 0 Å². The number of carbonyl (C=O) groups is 1. The van der Waals surface area contributed by atoms with Crippen molar-refractivity contribution in [1.82, 2.24) is 0 Å². The van der Waals surface area contributed by atoms with Crippen LogP contribution in [-0.2, 0) is 0 Å². The molecular weight excluding hydrogens is 218 g/mol. The van der Waals surface area contributed by atoms with Crippen LogP contribution in [0.15, 0.2) is 24.3 Å². The van der Waals surface area contributed by atoms with Gasteiger partial charge in [-0.05, 0) is 24.1 Å². The largest absolute Gasteiger partial charge is 0.478 e. The number of benzene rings is 1. The minimum absolute atomic E-state index is 0.226. The number of hydrogen-bond donors (Lipinski definition) is 3. The third kappa shape index (κ3) is 3.84. The van der Waals surface area contributed by atoms with E-state index in [0.717, 1.165) is 18.4 Å². The first kappa shape index (κ1) is 13.7. The average Bonchev–Trinajstić information content (AvgIpc) is 2.35. The molecule has 4 nitrogen and oxygen atoms in total. The predicted octanol–water partition coefficient (Wildman–Crippen LogP) is 1.94. The van der Waals surface area contributed by atoms with Crippen molar-refractivity contribution in [2.24, 2.45) is 5.73 Å². The van der Waals surface area contributed by atoms with E-state index >= 15 is 0 Å². The van der Waals surface area contributed by atoms with Crippen LogP contribution in [0.2, 0.25) is 0 Å². The molecule has 0 radical (unpaired) electrons. The van der Waals surface area contributed by atoms with Gasteiger partial charge in [-0.15, -0.1) is 0 Å². The molecule has 0 unspecified atom stereocenters. The molecule has 2 atom stereocenters. The quantitative estimate of drug-likeness (QED) is 0.706. The summed E-state index contributed by atoms with van der Waals surface area (Å²) >= 11 is 0. The summed E-state index contributed by atoms with van der Waals surface area (Å²) in [6, 6.07) is 5.87. The van der Waals surface area contributed by atoms with Crippen molar-refractivity contribution in [3.05, 3.63) is 35.4 Å². The van der Waals surface area contributed by atoms with Gasteiger partial charge < -0.3 is 15.9 Å². The monoisotopic (exact) mass is 237 g/mol. The van der Waals surface area contributed by atoms with Crippen LogP contribution in [0.4, 0.5) is 0 Å². The van der Waals surface area contributed by atoms with Crippen LogP contribution in [0, 0.1) is 0 Å². The Morgan fingerprint density at radius 1 is 1.35 bits per heavy atom. The first-order chi connectivity index (χ1) is 8.06. The zero-order valence-corrected chi connectivity index (χ0v) is 9.97. The van der Waals surface area contributed by atoms with E-state index in [1.807, 2.05) is 0 Å². The SMILES string of the molecule is CCCC[C@@H](O)[C@@H](N)c1ccc(C(=O)O)cc1. The molecule has 0 bridgehead atoms. The second-order valence-corrected chi connectivity index (χ2v) is 4.16. The minimum Gasteiger partial charge on any atom is -0.478 e. The molecule has 0 aliphatic rings. The Bertz CT molecular complexity index is 361. The highest BCUT2D eigenvalue weighted by atomic mass is 16.4. The molecule has 0 aromatic heterocycles. The summed E-state index contributed by atoms with van der Waals surface area (Å²) in [6.07, 6.45) is 2.04. The lowest BCUT2D eigenvalue weighted by molar-refractivity contribution is 0.0697. The summed E-state index contributed by atoms with van der Waals surface area (Å²) in [4.78, 5) is 10.7. The molecule has 0 spiro atoms. The number of unbranched alkanes of at least 4 members (excludes halogenated alkanes) is 1. The second kappa shape index (κ2) is 6.37. The predicted molar refractivity (Wildman–Crippen MR) is 65.9 cm³/mol. The van der Waals surface area contributed by atoms with E-state index in [9.17, 15) is 9.90 Å². The van der Waals surface area contributed by atoms with E-state index in [2.05, 4.69) is 6.92 Å². The number of carboxylic acids is 1. The van der Waals surface area contributed by atoms with Gasteiger partial charge in [-0.1, -0.05) is 31.9 Å². The van der Waals surface area contributed by atoms with Crippen LogP contribution in [0.25, 0.3) is 0 Å². The standard InChI is InChI=1S/C13H19NO3/c1-2-3-4-11(15)12(14)9-5-7-10(8-6-9)13(16)17/h5-8,11-12,15H,2-4,14H2,1H3,(H,16,17)/t11-,12+/m1/s1. The van der Waals surface area contributed by atoms with Gasteiger partial charge in [0.05, 0.1) is 17.7 Å². The summed E-state index contributed by atoms with van der Waals surface area (Å²) < 4.78 is 0. The number of aromatic carboxylic acids is 1. The molecule has 0 aliphatic carbocycles. The Labute approximate surface area is 101 Å². The summed E-state index contributed by atoms with van der Waals surface area (Å²) in [5, 5.41) is 18.6. The van der Waals surface area contributed by atoms with Crippen molar-refractivity contribution in [2.45, 2.75) is 38.3 Å². The van der Waals surface area contributed by atoms with E-state index in [1.165, 1.54) is 12.1 Å². The lowest BCUT2D eigenvalue weighted by Crippen LogP contribution is -2.26. The van der Waals surface area contributed by atoms with Gasteiger partial charge in [0, 0.05) is 0 Å². The minimum atomic E-state index is -0.961. The van der Waals surface area contributed by atoms with E-state index in [-0.39, 0.29) is 5.56 Å². The summed E-state index contributed by atoms with van der Waals surface area (Å²) in [6.45, 7) is 2.06. The Kier molecular flexibility index (Phi) is 5.12. The number of nitrogens with two attached hydrogens (primary N) is 1. The van der Waals surface area contributed by atoms with Gasteiger partial charge >= 0.3 is 5.97 Å². The highest BCUT2D eigenvalue weighted by Gasteiger charge is 2.16. The van der Waals surface area contributed by atoms with Crippen molar-refractivity contribution in [2.75, 3.05) is 0 Å². The molecule has 4 heteroatoms. The molecule has 0 saturated heterocycles. The first-order valence-electron chi connectivity index (χ1n) is 5.83. The van der Waals surface area contributed by atoms with E-state index in [0.29, 0.717) is 6.42 Å². The highest BCUT2D eigenvalue weighted by Crippen LogP contribution is 2.18. The smallest absolute Gasteiger partial charge is 0.335 e. The number of hydrogen-bond acceptors (Lipinski definition) is 3. The van der Waals surface area contributed by atoms with Crippen molar-refractivity contribution in [3.8, 4) is 0 Å². The Morgan fingerprint density at radius 3 is 2.41 bits per heavy atom. The molecule has 0 aliphatic heterocycles. The van der Waals surface area contributed by atoms with E-state index in [1.54, 1.807) is 12.1 Å². The van der Waals surface area contributed by atoms with Gasteiger partial charge in [0.25, 0.3) is 0 Å². The molecule has 17 heavy (non-hydrogen) atoms. The maximum absolute atomic E-state index is 10.7. The molecule has 4 N–H and O–H groups in total. The molecule has 1 rings (SSSR count). The van der Waals surface area contributed by atoms with E-state index < -0.39 is 18.1 Å². The van der Waals surface area contributed by atoms with Crippen LogP contribution in [-0.4, -0.2) is 22.3 Å². The Balaban J connectivity index is 2.68. The first-order valence-corrected chi connectivity index (χ1v) is 5.83. The second-order valence-electron chi connectivity index (χ2n) is 4.16. The van der Waals surface area contributed by atoms with Crippen LogP contribution in [0.1, 0.15) is 48.1 Å². The molecule has 1 aromatic carbocycles.